The summed E-state index contributed by atoms with van der Waals surface area (Å²) in [7, 11) is 0. The smallest absolute Gasteiger partial charge is 0.336 e. The quantitative estimate of drug-likeness (QED) is 0.387. The molecule has 110 valence electrons. The van der Waals surface area contributed by atoms with E-state index >= 15 is 0 Å². The summed E-state index contributed by atoms with van der Waals surface area (Å²) >= 11 is 0. The molecule has 5 nitrogen and oxygen atoms in total. The van der Waals surface area contributed by atoms with Gasteiger partial charge in [-0.1, -0.05) is 13.5 Å². The molecular formula is C15H20O5. The van der Waals surface area contributed by atoms with Crippen molar-refractivity contribution in [3.8, 4) is 0 Å². The number of ether oxygens (including phenoxy) is 2. The molecule has 20 heavy (non-hydrogen) atoms. The molecule has 4 heterocycles. The van der Waals surface area contributed by atoms with Gasteiger partial charge in [0.25, 0.3) is 0 Å². The Kier molecular flexibility index (Phi) is 2.46. The Morgan fingerprint density at radius 3 is 2.85 bits per heavy atom. The van der Waals surface area contributed by atoms with Gasteiger partial charge in [0.1, 0.15) is 0 Å². The normalized spacial score (nSPS) is 54.1. The highest BCUT2D eigenvalue weighted by molar-refractivity contribution is 5.89. The lowest BCUT2D eigenvalue weighted by Gasteiger charge is -2.56. The number of carbonyl (C=O) groups is 1. The molecule has 1 saturated carbocycles. The van der Waals surface area contributed by atoms with Gasteiger partial charge in [-0.15, -0.1) is 0 Å². The zero-order valence-electron chi connectivity index (χ0n) is 11.9. The molecule has 1 aliphatic carbocycles. The van der Waals surface area contributed by atoms with Crippen molar-refractivity contribution in [2.45, 2.75) is 57.2 Å². The van der Waals surface area contributed by atoms with Crippen LogP contribution in [0.15, 0.2) is 12.2 Å². The fraction of sp³-hybridized carbons (Fsp3) is 0.800. The molecule has 2 unspecified atom stereocenters. The molecule has 0 aromatic heterocycles. The third-order valence-corrected chi connectivity index (χ3v) is 5.62. The van der Waals surface area contributed by atoms with Crippen molar-refractivity contribution in [2.24, 2.45) is 17.8 Å². The fourth-order valence-electron chi connectivity index (χ4n) is 4.46. The summed E-state index contributed by atoms with van der Waals surface area (Å²) in [5.74, 6) is -0.501. The van der Waals surface area contributed by atoms with Gasteiger partial charge < -0.3 is 9.47 Å². The molecule has 5 fully saturated rings. The van der Waals surface area contributed by atoms with Crippen LogP contribution in [0.1, 0.15) is 39.5 Å². The summed E-state index contributed by atoms with van der Waals surface area (Å²) in [6, 6.07) is 0. The van der Waals surface area contributed by atoms with Crippen molar-refractivity contribution in [3.05, 3.63) is 12.2 Å². The first-order valence-electron chi connectivity index (χ1n) is 7.41. The fourth-order valence-corrected chi connectivity index (χ4v) is 4.46. The van der Waals surface area contributed by atoms with Gasteiger partial charge in [-0.2, -0.15) is 0 Å². The lowest BCUT2D eigenvalue weighted by Crippen LogP contribution is -2.68. The van der Waals surface area contributed by atoms with E-state index in [0.717, 1.165) is 25.7 Å². The zero-order valence-corrected chi connectivity index (χ0v) is 11.9. The van der Waals surface area contributed by atoms with Crippen molar-refractivity contribution in [1.82, 2.24) is 0 Å². The highest BCUT2D eigenvalue weighted by Crippen LogP contribution is 2.59. The second kappa shape index (κ2) is 3.84. The van der Waals surface area contributed by atoms with Crippen LogP contribution >= 0.6 is 0 Å². The standard InChI is InChI=1S/C15H20O5/c1-8-4-5-11-9(2)12(16)17-13-15(11)10(8)6-7-14(3,18-13)19-20-15/h8,10-11,13H,2,4-7H2,1,3H3/t8-,10?,11+,13-,14+,15?/m1/s1. The van der Waals surface area contributed by atoms with Crippen LogP contribution in [0.5, 0.6) is 0 Å². The highest BCUT2D eigenvalue weighted by atomic mass is 17.3. The molecule has 0 aromatic carbocycles. The predicted octanol–water partition coefficient (Wildman–Crippen LogP) is 2.32. The Bertz CT molecular complexity index is 489. The predicted molar refractivity (Wildman–Crippen MR) is 68.0 cm³/mol. The van der Waals surface area contributed by atoms with Gasteiger partial charge in [0.2, 0.25) is 12.1 Å². The van der Waals surface area contributed by atoms with E-state index in [4.69, 9.17) is 19.2 Å². The number of hydrogen-bond donors (Lipinski definition) is 0. The van der Waals surface area contributed by atoms with Crippen LogP contribution < -0.4 is 0 Å². The minimum atomic E-state index is -0.823. The van der Waals surface area contributed by atoms with Crippen LogP contribution in [0.3, 0.4) is 0 Å². The molecule has 4 aliphatic heterocycles. The molecule has 6 atom stereocenters. The van der Waals surface area contributed by atoms with Crippen molar-refractivity contribution < 1.29 is 24.0 Å². The maximum atomic E-state index is 12.0. The van der Waals surface area contributed by atoms with Crippen molar-refractivity contribution in [2.75, 3.05) is 0 Å². The molecule has 0 aromatic rings. The summed E-state index contributed by atoms with van der Waals surface area (Å²) in [4.78, 5) is 23.5. The minimum Gasteiger partial charge on any atom is -0.429 e. The minimum absolute atomic E-state index is 0.0717. The number of carbonyl (C=O) groups excluding carboxylic acids is 1. The largest absolute Gasteiger partial charge is 0.429 e. The van der Waals surface area contributed by atoms with Crippen molar-refractivity contribution in [3.63, 3.8) is 0 Å². The molecule has 2 bridgehead atoms. The number of rotatable bonds is 0. The maximum Gasteiger partial charge on any atom is 0.336 e. The van der Waals surface area contributed by atoms with Crippen LogP contribution in [-0.2, 0) is 24.0 Å². The summed E-state index contributed by atoms with van der Waals surface area (Å²) < 4.78 is 11.5. The van der Waals surface area contributed by atoms with Gasteiger partial charge in [0.05, 0.1) is 0 Å². The monoisotopic (exact) mass is 280 g/mol. The van der Waals surface area contributed by atoms with Gasteiger partial charge in [0.15, 0.2) is 5.60 Å². The molecule has 0 radical (unpaired) electrons. The molecule has 5 rings (SSSR count). The van der Waals surface area contributed by atoms with E-state index in [1.165, 1.54) is 0 Å². The van der Waals surface area contributed by atoms with Gasteiger partial charge in [-0.3, -0.25) is 0 Å². The summed E-state index contributed by atoms with van der Waals surface area (Å²) in [5, 5.41) is 0. The van der Waals surface area contributed by atoms with Gasteiger partial charge in [-0.25, -0.2) is 14.6 Å². The molecule has 5 aliphatic rings. The molecule has 5 heteroatoms. The van der Waals surface area contributed by atoms with Gasteiger partial charge >= 0.3 is 5.97 Å². The number of esters is 1. The summed E-state index contributed by atoms with van der Waals surface area (Å²) in [6.07, 6.45) is 2.95. The van der Waals surface area contributed by atoms with E-state index in [1.807, 2.05) is 6.92 Å². The number of hydrogen-bond acceptors (Lipinski definition) is 5. The molecular weight excluding hydrogens is 260 g/mol. The average molecular weight is 280 g/mol. The second-order valence-corrected chi connectivity index (χ2v) is 6.79. The summed E-state index contributed by atoms with van der Waals surface area (Å²) in [6.45, 7) is 8.00. The number of fused-ring (bicyclic) bond motifs is 2. The SMILES string of the molecule is C=C1C(=O)O[C@@H]2O[C@]3(C)CCC4[C@H](C)CC[C@@H]1C42OO3. The van der Waals surface area contributed by atoms with Crippen LogP contribution in [-0.4, -0.2) is 23.6 Å². The summed E-state index contributed by atoms with van der Waals surface area (Å²) in [5.41, 5.74) is -0.213. The third kappa shape index (κ3) is 1.41. The van der Waals surface area contributed by atoms with Gasteiger partial charge in [-0.05, 0) is 32.1 Å². The van der Waals surface area contributed by atoms with E-state index in [-0.39, 0.29) is 17.8 Å². The Morgan fingerprint density at radius 1 is 1.25 bits per heavy atom. The van der Waals surface area contributed by atoms with E-state index in [1.54, 1.807) is 0 Å². The van der Waals surface area contributed by atoms with Crippen LogP contribution in [0.4, 0.5) is 0 Å². The van der Waals surface area contributed by atoms with Crippen LogP contribution in [0.2, 0.25) is 0 Å². The van der Waals surface area contributed by atoms with E-state index in [0.29, 0.717) is 11.5 Å². The Morgan fingerprint density at radius 2 is 2.05 bits per heavy atom. The Balaban J connectivity index is 1.86. The van der Waals surface area contributed by atoms with Gasteiger partial charge in [0, 0.05) is 23.8 Å². The lowest BCUT2D eigenvalue weighted by molar-refractivity contribution is -0.554. The zero-order chi connectivity index (χ0) is 14.1. The van der Waals surface area contributed by atoms with Crippen molar-refractivity contribution >= 4 is 5.97 Å². The van der Waals surface area contributed by atoms with E-state index in [2.05, 4.69) is 13.5 Å². The first-order valence-corrected chi connectivity index (χ1v) is 7.41. The van der Waals surface area contributed by atoms with E-state index in [9.17, 15) is 4.79 Å². The third-order valence-electron chi connectivity index (χ3n) is 5.62. The van der Waals surface area contributed by atoms with Crippen LogP contribution in [0, 0.1) is 17.8 Å². The molecule has 1 spiro atoms. The van der Waals surface area contributed by atoms with Crippen molar-refractivity contribution in [1.29, 1.82) is 0 Å². The first-order chi connectivity index (χ1) is 9.46. The highest BCUT2D eigenvalue weighted by Gasteiger charge is 2.69. The second-order valence-electron chi connectivity index (χ2n) is 6.79. The molecule has 0 N–H and O–H groups in total. The first kappa shape index (κ1) is 12.8. The maximum absolute atomic E-state index is 12.0. The Hall–Kier alpha value is -0.910. The molecule has 0 amide bonds. The van der Waals surface area contributed by atoms with Crippen LogP contribution in [0.25, 0.3) is 0 Å². The lowest BCUT2D eigenvalue weighted by atomic mass is 9.59. The molecule has 4 saturated heterocycles. The average Bonchev–Trinajstić information content (AvgIpc) is 2.63. The topological polar surface area (TPSA) is 54.0 Å². The Labute approximate surface area is 118 Å². The van der Waals surface area contributed by atoms with E-state index < -0.39 is 17.7 Å².